The van der Waals surface area contributed by atoms with Crippen LogP contribution in [0, 0.1) is 135 Å². The maximum absolute atomic E-state index is 13.2. The molecule has 0 spiro atoms. The zero-order valence-corrected chi connectivity index (χ0v) is 42.3. The number of esters is 4. The van der Waals surface area contributed by atoms with Gasteiger partial charge in [-0.3, -0.25) is 19.2 Å². The summed E-state index contributed by atoms with van der Waals surface area (Å²) in [5, 5.41) is 0. The molecule has 14 rings (SSSR count). The van der Waals surface area contributed by atoms with Crippen molar-refractivity contribution in [2.24, 2.45) is 135 Å². The Balaban J connectivity index is 0.000000184. The lowest BCUT2D eigenvalue weighted by Crippen LogP contribution is -2.48. The van der Waals surface area contributed by atoms with Crippen molar-refractivity contribution < 1.29 is 47.6 Å². The minimum Gasteiger partial charge on any atom is -0.462 e. The number of fused-ring (bicyclic) bond motifs is 20. The normalized spacial score (nSPS) is 46.2. The van der Waals surface area contributed by atoms with E-state index in [1.165, 1.54) is 83.5 Å². The van der Waals surface area contributed by atoms with Crippen LogP contribution >= 0.6 is 0 Å². The van der Waals surface area contributed by atoms with E-state index < -0.39 is 5.41 Å². The van der Waals surface area contributed by atoms with Crippen LogP contribution in [0.1, 0.15) is 193 Å². The Kier molecular flexibility index (Phi) is 16.9. The van der Waals surface area contributed by atoms with Gasteiger partial charge in [-0.05, 0) is 248 Å². The van der Waals surface area contributed by atoms with Crippen LogP contribution in [-0.4, -0.2) is 62.9 Å². The lowest BCUT2D eigenvalue weighted by Gasteiger charge is -2.56. The van der Waals surface area contributed by atoms with E-state index in [-0.39, 0.29) is 97.1 Å². The fraction of sp³-hybridized carbons (Fsp3) is 0.935. The Labute approximate surface area is 436 Å². The van der Waals surface area contributed by atoms with E-state index in [1.54, 1.807) is 0 Å². The molecule has 0 aromatic heterocycles. The van der Waals surface area contributed by atoms with Gasteiger partial charge in [-0.2, -0.15) is 0 Å². The molecule has 0 amide bonds. The van der Waals surface area contributed by atoms with Gasteiger partial charge in [0, 0.05) is 0 Å². The highest BCUT2D eigenvalue weighted by Crippen LogP contribution is 2.71. The monoisotopic (exact) mass is 1010 g/mol. The van der Waals surface area contributed by atoms with Crippen LogP contribution < -0.4 is 0 Å². The summed E-state index contributed by atoms with van der Waals surface area (Å²) in [5.41, 5.74) is -0.0545. The number of hydrogen-bond donors (Lipinski definition) is 0. The molecule has 0 radical (unpaired) electrons. The number of carbonyl (C=O) groups is 4. The molecule has 14 saturated carbocycles. The first-order chi connectivity index (χ1) is 32.8. The zero-order chi connectivity index (χ0) is 46.8. The highest BCUT2D eigenvalue weighted by atomic mass is 16.7. The largest absolute Gasteiger partial charge is 0.462 e. The number of carbonyl (C=O) groups excluding carboxylic acids is 4. The highest BCUT2D eigenvalue weighted by molar-refractivity contribution is 5.76. The topological polar surface area (TPSA) is 124 Å². The van der Waals surface area contributed by atoms with Crippen LogP contribution in [-0.2, 0) is 47.6 Å². The van der Waals surface area contributed by atoms with Crippen LogP contribution in [0.2, 0.25) is 0 Å². The van der Waals surface area contributed by atoms with Crippen molar-refractivity contribution in [1.29, 1.82) is 0 Å². The first-order valence-electron chi connectivity index (χ1n) is 28.7. The van der Waals surface area contributed by atoms with Crippen LogP contribution in [0.5, 0.6) is 0 Å². The SMILES string of the molecule is C.C.C.C.CCC(C)(C)C(=O)OC1CC2CC1C1C3CC(CC3C(=O)OCOCC34CC5CC(CC(C5)C3)C4)C21.CCC(C)C(=O)OC1CC2CC1C1C3CC(CC3C(=O)OCOCC3CC4CCC3C4)C21. The standard InChI is InChI=1S/C31H46O5.C27H40O5.4CH4/c1-4-30(2,3)29(33)36-25-11-21-10-24(25)27-22-8-20(26(21)27)9-23(22)28(32)35-16-34-15-31-12-17-5-18(13-31)7-19(6-17)14-31;1-3-14(2)26(28)32-23-11-18-10-22(23)25-20-8-17(24(18)25)9-21(20)27(29)31-13-30-12-19-7-15-4-5-16(19)6-15;;;;/h17-27H,4-16H2,1-3H3;14-25H,3-13H2,1-2H3;4*1H4. The van der Waals surface area contributed by atoms with E-state index in [9.17, 15) is 19.2 Å². The molecule has 20 unspecified atom stereocenters. The molecule has 14 fully saturated rings. The quantitative estimate of drug-likeness (QED) is 0.0485. The molecular weight excluding hydrogens is 905 g/mol. The maximum atomic E-state index is 13.2. The van der Waals surface area contributed by atoms with E-state index >= 15 is 0 Å². The van der Waals surface area contributed by atoms with Gasteiger partial charge in [0.15, 0.2) is 13.6 Å². The van der Waals surface area contributed by atoms with Gasteiger partial charge in [0.25, 0.3) is 0 Å². The molecule has 0 aromatic rings. The zero-order valence-electron chi connectivity index (χ0n) is 42.3. The Morgan fingerprint density at radius 2 is 1.04 bits per heavy atom. The van der Waals surface area contributed by atoms with Crippen molar-refractivity contribution in [3.05, 3.63) is 0 Å². The molecule has 410 valence electrons. The van der Waals surface area contributed by atoms with Crippen LogP contribution in [0.25, 0.3) is 0 Å². The minimum atomic E-state index is -0.418. The third-order valence-electron chi connectivity index (χ3n) is 23.5. The molecular formula is C62H102O10. The molecule has 0 aromatic carbocycles. The maximum Gasteiger partial charge on any atom is 0.311 e. The number of ether oxygens (including phenoxy) is 6. The second kappa shape index (κ2) is 21.7. The summed E-state index contributed by atoms with van der Waals surface area (Å²) in [6.07, 6.45) is 24.3. The van der Waals surface area contributed by atoms with E-state index in [4.69, 9.17) is 28.4 Å². The van der Waals surface area contributed by atoms with Crippen LogP contribution in [0.3, 0.4) is 0 Å². The Morgan fingerprint density at radius 1 is 0.542 bits per heavy atom. The molecule has 14 aliphatic carbocycles. The van der Waals surface area contributed by atoms with E-state index in [2.05, 4.69) is 6.92 Å². The summed E-state index contributed by atoms with van der Waals surface area (Å²) in [5.74, 6) is 12.1. The molecule has 14 bridgehead atoms. The second-order valence-electron chi connectivity index (χ2n) is 27.3. The van der Waals surface area contributed by atoms with Gasteiger partial charge in [-0.25, -0.2) is 0 Å². The lowest BCUT2D eigenvalue weighted by atomic mass is 9.50. The van der Waals surface area contributed by atoms with Gasteiger partial charge in [-0.1, -0.05) is 56.9 Å². The molecule has 0 heterocycles. The van der Waals surface area contributed by atoms with Crippen molar-refractivity contribution in [3.8, 4) is 0 Å². The van der Waals surface area contributed by atoms with Gasteiger partial charge < -0.3 is 28.4 Å². The summed E-state index contributed by atoms with van der Waals surface area (Å²) in [6.45, 7) is 11.8. The van der Waals surface area contributed by atoms with Crippen LogP contribution in [0.4, 0.5) is 0 Å². The fourth-order valence-electron chi connectivity index (χ4n) is 20.7. The average Bonchev–Trinajstić information content (AvgIpc) is 4.18. The molecule has 0 N–H and O–H groups in total. The summed E-state index contributed by atoms with van der Waals surface area (Å²) >= 11 is 0. The fourth-order valence-corrected chi connectivity index (χ4v) is 20.7. The lowest BCUT2D eigenvalue weighted by molar-refractivity contribution is -0.175. The Bertz CT molecular complexity index is 1890. The smallest absolute Gasteiger partial charge is 0.311 e. The van der Waals surface area contributed by atoms with Gasteiger partial charge in [0.2, 0.25) is 0 Å². The summed E-state index contributed by atoms with van der Waals surface area (Å²) in [6, 6.07) is 0. The van der Waals surface area contributed by atoms with E-state index in [1.807, 2.05) is 27.7 Å². The second-order valence-corrected chi connectivity index (χ2v) is 27.3. The first-order valence-corrected chi connectivity index (χ1v) is 28.7. The average molecular weight is 1010 g/mol. The molecule has 72 heavy (non-hydrogen) atoms. The number of rotatable bonds is 16. The first kappa shape index (κ1) is 56.0. The van der Waals surface area contributed by atoms with Gasteiger partial charge >= 0.3 is 23.9 Å². The van der Waals surface area contributed by atoms with Crippen molar-refractivity contribution in [2.45, 2.75) is 205 Å². The Hall–Kier alpha value is -2.20. The van der Waals surface area contributed by atoms with Crippen molar-refractivity contribution in [3.63, 3.8) is 0 Å². The van der Waals surface area contributed by atoms with E-state index in [0.717, 1.165) is 99.6 Å². The third kappa shape index (κ3) is 9.79. The highest BCUT2D eigenvalue weighted by Gasteiger charge is 2.68. The molecule has 10 nitrogen and oxygen atoms in total. The number of hydrogen-bond acceptors (Lipinski definition) is 10. The predicted octanol–water partition coefficient (Wildman–Crippen LogP) is 13.4. The van der Waals surface area contributed by atoms with E-state index in [0.29, 0.717) is 70.5 Å². The summed E-state index contributed by atoms with van der Waals surface area (Å²) in [7, 11) is 0. The molecule has 0 aliphatic heterocycles. The Morgan fingerprint density at radius 3 is 1.53 bits per heavy atom. The van der Waals surface area contributed by atoms with Gasteiger partial charge in [0.1, 0.15) is 12.2 Å². The predicted molar refractivity (Wildman–Crippen MR) is 279 cm³/mol. The molecule has 20 atom stereocenters. The molecule has 10 heteroatoms. The molecule has 0 saturated heterocycles. The third-order valence-corrected chi connectivity index (χ3v) is 23.5. The summed E-state index contributed by atoms with van der Waals surface area (Å²) < 4.78 is 35.4. The van der Waals surface area contributed by atoms with Crippen molar-refractivity contribution in [1.82, 2.24) is 0 Å². The van der Waals surface area contributed by atoms with Gasteiger partial charge in [-0.15, -0.1) is 0 Å². The van der Waals surface area contributed by atoms with Gasteiger partial charge in [0.05, 0.1) is 36.4 Å². The van der Waals surface area contributed by atoms with Crippen molar-refractivity contribution >= 4 is 23.9 Å². The van der Waals surface area contributed by atoms with Crippen molar-refractivity contribution in [2.75, 3.05) is 26.8 Å². The summed E-state index contributed by atoms with van der Waals surface area (Å²) in [4.78, 5) is 51.3. The molecule has 14 aliphatic rings. The van der Waals surface area contributed by atoms with Crippen LogP contribution in [0.15, 0.2) is 0 Å². The minimum absolute atomic E-state index is 0.